The molecule has 0 aliphatic carbocycles. The molecule has 1 N–H and O–H groups in total. The van der Waals surface area contributed by atoms with Gasteiger partial charge in [-0.25, -0.2) is 4.98 Å². The van der Waals surface area contributed by atoms with E-state index in [1.165, 1.54) is 12.1 Å². The Morgan fingerprint density at radius 3 is 2.52 bits per heavy atom. The highest BCUT2D eigenvalue weighted by Crippen LogP contribution is 2.32. The molecule has 7 heteroatoms. The average molecular weight is 396 g/mol. The molecule has 3 rings (SSSR count). The van der Waals surface area contributed by atoms with Crippen molar-refractivity contribution >= 4 is 46.4 Å². The molecule has 0 saturated carbocycles. The zero-order valence-corrected chi connectivity index (χ0v) is 15.2. The van der Waals surface area contributed by atoms with Crippen LogP contribution in [0, 0.1) is 0 Å². The van der Waals surface area contributed by atoms with Gasteiger partial charge in [-0.2, -0.15) is 0 Å². The molecule has 0 aliphatic rings. The number of benzene rings is 2. The molecule has 0 unspecified atom stereocenters. The summed E-state index contributed by atoms with van der Waals surface area (Å²) in [6.07, 6.45) is 2.22. The van der Waals surface area contributed by atoms with Gasteiger partial charge in [0.05, 0.1) is 27.0 Å². The molecule has 1 aromatic heterocycles. The number of carbonyl (C=O) groups excluding carboxylic acids is 1. The van der Waals surface area contributed by atoms with Crippen LogP contribution in [0.5, 0.6) is 0 Å². The fourth-order valence-corrected chi connectivity index (χ4v) is 2.81. The van der Waals surface area contributed by atoms with Crippen molar-refractivity contribution in [2.75, 3.05) is 5.32 Å². The molecule has 0 fully saturated rings. The summed E-state index contributed by atoms with van der Waals surface area (Å²) >= 11 is 17.8. The Bertz CT molecular complexity index is 895. The highest BCUT2D eigenvalue weighted by Gasteiger charge is 2.12. The SMILES string of the molecule is O=C(CCc1ncc(-c2ccccc2)o1)Nc1cc(Cl)c(Cl)cc1Cl. The Morgan fingerprint density at radius 2 is 1.76 bits per heavy atom. The number of halogens is 3. The van der Waals surface area contributed by atoms with Gasteiger partial charge in [0.1, 0.15) is 0 Å². The first-order chi connectivity index (χ1) is 12.0. The smallest absolute Gasteiger partial charge is 0.224 e. The number of anilines is 1. The Morgan fingerprint density at radius 1 is 1.04 bits per heavy atom. The van der Waals surface area contributed by atoms with Gasteiger partial charge in [0.15, 0.2) is 11.7 Å². The van der Waals surface area contributed by atoms with E-state index in [1.807, 2.05) is 30.3 Å². The maximum atomic E-state index is 12.1. The number of nitrogens with zero attached hydrogens (tertiary/aromatic N) is 1. The van der Waals surface area contributed by atoms with E-state index in [9.17, 15) is 4.79 Å². The molecule has 3 aromatic rings. The molecule has 25 heavy (non-hydrogen) atoms. The summed E-state index contributed by atoms with van der Waals surface area (Å²) in [6, 6.07) is 12.6. The highest BCUT2D eigenvalue weighted by molar-refractivity contribution is 6.44. The Labute approximate surface area is 159 Å². The van der Waals surface area contributed by atoms with Gasteiger partial charge < -0.3 is 9.73 Å². The van der Waals surface area contributed by atoms with E-state index in [-0.39, 0.29) is 12.3 Å². The predicted octanol–water partition coefficient (Wildman–Crippen LogP) is 5.87. The molecule has 1 amide bonds. The maximum Gasteiger partial charge on any atom is 0.224 e. The largest absolute Gasteiger partial charge is 0.441 e. The van der Waals surface area contributed by atoms with Crippen LogP contribution in [0.3, 0.4) is 0 Å². The van der Waals surface area contributed by atoms with Crippen LogP contribution in [0.2, 0.25) is 15.1 Å². The number of carbonyl (C=O) groups is 1. The van der Waals surface area contributed by atoms with Crippen LogP contribution in [0.4, 0.5) is 5.69 Å². The Balaban J connectivity index is 1.60. The van der Waals surface area contributed by atoms with Gasteiger partial charge in [-0.1, -0.05) is 65.1 Å². The van der Waals surface area contributed by atoms with Crippen molar-refractivity contribution < 1.29 is 9.21 Å². The van der Waals surface area contributed by atoms with Crippen molar-refractivity contribution in [3.63, 3.8) is 0 Å². The van der Waals surface area contributed by atoms with Gasteiger partial charge in [0.2, 0.25) is 5.91 Å². The number of amides is 1. The summed E-state index contributed by atoms with van der Waals surface area (Å²) in [7, 11) is 0. The summed E-state index contributed by atoms with van der Waals surface area (Å²) in [6.45, 7) is 0. The summed E-state index contributed by atoms with van der Waals surface area (Å²) in [5, 5.41) is 3.68. The Hall–Kier alpha value is -2.01. The van der Waals surface area contributed by atoms with Crippen molar-refractivity contribution in [1.82, 2.24) is 4.98 Å². The second-order valence-electron chi connectivity index (χ2n) is 5.28. The Kier molecular flexibility index (Phi) is 5.63. The number of nitrogens with one attached hydrogen (secondary N) is 1. The van der Waals surface area contributed by atoms with E-state index in [2.05, 4.69) is 10.3 Å². The molecule has 0 aliphatic heterocycles. The third-order valence-corrected chi connectivity index (χ3v) is 4.50. The molecule has 4 nitrogen and oxygen atoms in total. The second kappa shape index (κ2) is 7.91. The lowest BCUT2D eigenvalue weighted by molar-refractivity contribution is -0.116. The molecule has 1 heterocycles. The van der Waals surface area contributed by atoms with Crippen molar-refractivity contribution in [2.24, 2.45) is 0 Å². The summed E-state index contributed by atoms with van der Waals surface area (Å²) in [5.74, 6) is 0.942. The molecule has 0 spiro atoms. The lowest BCUT2D eigenvalue weighted by Crippen LogP contribution is -2.12. The fourth-order valence-electron chi connectivity index (χ4n) is 2.21. The minimum absolute atomic E-state index is 0.200. The first-order valence-corrected chi connectivity index (χ1v) is 8.61. The number of aryl methyl sites for hydroxylation is 1. The zero-order valence-electron chi connectivity index (χ0n) is 12.9. The molecule has 0 bridgehead atoms. The number of aromatic nitrogens is 1. The average Bonchev–Trinajstić information content (AvgIpc) is 3.08. The van der Waals surface area contributed by atoms with E-state index >= 15 is 0 Å². The van der Waals surface area contributed by atoms with Crippen molar-refractivity contribution in [2.45, 2.75) is 12.8 Å². The van der Waals surface area contributed by atoms with Gasteiger partial charge >= 0.3 is 0 Å². The summed E-state index contributed by atoms with van der Waals surface area (Å²) in [4.78, 5) is 16.3. The van der Waals surface area contributed by atoms with Gasteiger partial charge in [-0.15, -0.1) is 0 Å². The van der Waals surface area contributed by atoms with Crippen LogP contribution < -0.4 is 5.32 Å². The highest BCUT2D eigenvalue weighted by atomic mass is 35.5. The maximum absolute atomic E-state index is 12.1. The van der Waals surface area contributed by atoms with Crippen LogP contribution in [-0.4, -0.2) is 10.9 Å². The molecule has 2 aromatic carbocycles. The monoisotopic (exact) mass is 394 g/mol. The first kappa shape index (κ1) is 17.8. The molecule has 0 radical (unpaired) electrons. The third kappa shape index (κ3) is 4.54. The second-order valence-corrected chi connectivity index (χ2v) is 6.50. The van der Waals surface area contributed by atoms with Crippen LogP contribution in [0.15, 0.2) is 53.1 Å². The van der Waals surface area contributed by atoms with Gasteiger partial charge in [0.25, 0.3) is 0 Å². The van der Waals surface area contributed by atoms with E-state index in [0.717, 1.165) is 5.56 Å². The van der Waals surface area contributed by atoms with Crippen LogP contribution >= 0.6 is 34.8 Å². The minimum Gasteiger partial charge on any atom is -0.441 e. The predicted molar refractivity (Wildman–Crippen MR) is 100 cm³/mol. The van der Waals surface area contributed by atoms with Crippen LogP contribution in [0.1, 0.15) is 12.3 Å². The topological polar surface area (TPSA) is 55.1 Å². The standard InChI is InChI=1S/C18H13Cl3N2O2/c19-12-8-14(21)15(9-13(12)20)23-17(24)6-7-18-22-10-16(25-18)11-4-2-1-3-5-11/h1-5,8-10H,6-7H2,(H,23,24). The van der Waals surface area contributed by atoms with E-state index < -0.39 is 0 Å². The molecule has 0 atom stereocenters. The van der Waals surface area contributed by atoms with Crippen molar-refractivity contribution in [1.29, 1.82) is 0 Å². The quantitative estimate of drug-likeness (QED) is 0.549. The number of hydrogen-bond donors (Lipinski definition) is 1. The molecular weight excluding hydrogens is 383 g/mol. The van der Waals surface area contributed by atoms with E-state index in [0.29, 0.717) is 38.8 Å². The van der Waals surface area contributed by atoms with E-state index in [4.69, 9.17) is 39.2 Å². The van der Waals surface area contributed by atoms with E-state index in [1.54, 1.807) is 6.20 Å². The molecule has 128 valence electrons. The number of rotatable bonds is 5. The third-order valence-electron chi connectivity index (χ3n) is 3.46. The normalized spacial score (nSPS) is 10.7. The van der Waals surface area contributed by atoms with Crippen molar-refractivity contribution in [3.8, 4) is 11.3 Å². The molecule has 0 saturated heterocycles. The van der Waals surface area contributed by atoms with Gasteiger partial charge in [-0.05, 0) is 12.1 Å². The number of hydrogen-bond acceptors (Lipinski definition) is 3. The van der Waals surface area contributed by atoms with Crippen LogP contribution in [0.25, 0.3) is 11.3 Å². The van der Waals surface area contributed by atoms with Crippen molar-refractivity contribution in [3.05, 3.63) is 69.6 Å². The fraction of sp³-hybridized carbons (Fsp3) is 0.111. The molecular formula is C18H13Cl3N2O2. The lowest BCUT2D eigenvalue weighted by Gasteiger charge is -2.08. The first-order valence-electron chi connectivity index (χ1n) is 7.47. The van der Waals surface area contributed by atoms with Gasteiger partial charge in [0, 0.05) is 18.4 Å². The minimum atomic E-state index is -0.222. The number of oxazole rings is 1. The summed E-state index contributed by atoms with van der Waals surface area (Å²) in [5.41, 5.74) is 1.35. The lowest BCUT2D eigenvalue weighted by atomic mass is 10.2. The van der Waals surface area contributed by atoms with Crippen LogP contribution in [-0.2, 0) is 11.2 Å². The van der Waals surface area contributed by atoms with Gasteiger partial charge in [-0.3, -0.25) is 4.79 Å². The summed E-state index contributed by atoms with van der Waals surface area (Å²) < 4.78 is 5.67. The zero-order chi connectivity index (χ0) is 17.8.